The summed E-state index contributed by atoms with van der Waals surface area (Å²) in [5.74, 6) is 0.248. The molecule has 2 nitrogen and oxygen atoms in total. The van der Waals surface area contributed by atoms with Gasteiger partial charge in [-0.2, -0.15) is 0 Å². The number of ether oxygens (including phenoxy) is 1. The second kappa shape index (κ2) is 6.55. The van der Waals surface area contributed by atoms with Gasteiger partial charge in [0.2, 0.25) is 0 Å². The minimum atomic E-state index is -0.452. The van der Waals surface area contributed by atoms with E-state index in [1.807, 2.05) is 24.3 Å². The van der Waals surface area contributed by atoms with Crippen molar-refractivity contribution in [2.75, 3.05) is 6.61 Å². The molecule has 2 rings (SSSR count). The third-order valence-corrected chi connectivity index (χ3v) is 3.04. The molecule has 4 heteroatoms. The van der Waals surface area contributed by atoms with Crippen molar-refractivity contribution in [1.82, 2.24) is 0 Å². The average molecular weight is 281 g/mol. The van der Waals surface area contributed by atoms with Gasteiger partial charge >= 0.3 is 0 Å². The molecule has 1 N–H and O–H groups in total. The van der Waals surface area contributed by atoms with Gasteiger partial charge in [-0.3, -0.25) is 0 Å². The van der Waals surface area contributed by atoms with Crippen LogP contribution < -0.4 is 4.74 Å². The van der Waals surface area contributed by atoms with Crippen LogP contribution in [0.5, 0.6) is 5.75 Å². The molecular formula is C15H14ClFO2. The first-order chi connectivity index (χ1) is 9.20. The van der Waals surface area contributed by atoms with Crippen LogP contribution in [0.25, 0.3) is 0 Å². The quantitative estimate of drug-likeness (QED) is 0.907. The predicted octanol–water partition coefficient (Wildman–Crippen LogP) is 3.59. The highest BCUT2D eigenvalue weighted by atomic mass is 35.5. The van der Waals surface area contributed by atoms with E-state index < -0.39 is 5.82 Å². The molecule has 0 radical (unpaired) electrons. The van der Waals surface area contributed by atoms with Crippen molar-refractivity contribution in [3.05, 3.63) is 64.4 Å². The summed E-state index contributed by atoms with van der Waals surface area (Å²) in [6.45, 7) is 0.326. The Labute approximate surface area is 116 Å². The Hall–Kier alpha value is -1.58. The maximum Gasteiger partial charge on any atom is 0.142 e. The average Bonchev–Trinajstić information content (AvgIpc) is 2.42. The van der Waals surface area contributed by atoms with E-state index in [9.17, 15) is 4.39 Å². The van der Waals surface area contributed by atoms with Crippen molar-refractivity contribution in [3.8, 4) is 5.75 Å². The van der Waals surface area contributed by atoms with Gasteiger partial charge in [0.25, 0.3) is 0 Å². The van der Waals surface area contributed by atoms with Crippen molar-refractivity contribution in [2.24, 2.45) is 0 Å². The van der Waals surface area contributed by atoms with Crippen molar-refractivity contribution < 1.29 is 14.2 Å². The second-order valence-electron chi connectivity index (χ2n) is 4.12. The molecule has 100 valence electrons. The van der Waals surface area contributed by atoms with E-state index in [0.717, 1.165) is 5.56 Å². The Morgan fingerprint density at radius 3 is 2.68 bits per heavy atom. The van der Waals surface area contributed by atoms with E-state index in [4.69, 9.17) is 21.4 Å². The van der Waals surface area contributed by atoms with Crippen molar-refractivity contribution in [2.45, 2.75) is 13.0 Å². The van der Waals surface area contributed by atoms with Crippen LogP contribution >= 0.6 is 11.6 Å². The lowest BCUT2D eigenvalue weighted by Crippen LogP contribution is -2.00. The molecule has 0 amide bonds. The molecule has 0 saturated heterocycles. The number of aliphatic hydroxyl groups excluding tert-OH is 1. The monoisotopic (exact) mass is 280 g/mol. The Kier molecular flexibility index (Phi) is 4.77. The lowest BCUT2D eigenvalue weighted by Gasteiger charge is -2.11. The molecule has 0 bridgehead atoms. The van der Waals surface area contributed by atoms with E-state index in [1.165, 1.54) is 12.1 Å². The van der Waals surface area contributed by atoms with Gasteiger partial charge < -0.3 is 9.84 Å². The Morgan fingerprint density at radius 1 is 1.16 bits per heavy atom. The fraction of sp³-hybridized carbons (Fsp3) is 0.200. The number of hydrogen-bond donors (Lipinski definition) is 1. The Bertz CT molecular complexity index is 558. The third kappa shape index (κ3) is 3.69. The van der Waals surface area contributed by atoms with Crippen LogP contribution in [-0.4, -0.2) is 11.7 Å². The van der Waals surface area contributed by atoms with Gasteiger partial charge in [0, 0.05) is 6.61 Å². The minimum Gasteiger partial charge on any atom is -0.489 e. The summed E-state index contributed by atoms with van der Waals surface area (Å²) < 4.78 is 18.9. The van der Waals surface area contributed by atoms with Gasteiger partial charge in [-0.05, 0) is 35.7 Å². The highest BCUT2D eigenvalue weighted by molar-refractivity contribution is 6.30. The second-order valence-corrected chi connectivity index (χ2v) is 4.53. The van der Waals surface area contributed by atoms with E-state index >= 15 is 0 Å². The molecule has 2 aromatic carbocycles. The van der Waals surface area contributed by atoms with Crippen LogP contribution in [0, 0.1) is 5.82 Å². The van der Waals surface area contributed by atoms with Crippen molar-refractivity contribution >= 4 is 11.6 Å². The lowest BCUT2D eigenvalue weighted by molar-refractivity contribution is 0.283. The minimum absolute atomic E-state index is 0.0654. The molecule has 0 aliphatic rings. The first-order valence-electron chi connectivity index (χ1n) is 5.96. The molecule has 0 aliphatic carbocycles. The lowest BCUT2D eigenvalue weighted by atomic mass is 10.1. The van der Waals surface area contributed by atoms with Crippen molar-refractivity contribution in [1.29, 1.82) is 0 Å². The standard InChI is InChI=1S/C15H14ClFO2/c16-13-6-5-11(9-14(13)17)10-19-15-4-2-1-3-12(15)7-8-18/h1-6,9,18H,7-8,10H2. The fourth-order valence-corrected chi connectivity index (χ4v) is 1.88. The van der Waals surface area contributed by atoms with Crippen LogP contribution in [0.4, 0.5) is 4.39 Å². The number of para-hydroxylation sites is 1. The Balaban J connectivity index is 2.07. The summed E-state index contributed by atoms with van der Waals surface area (Å²) >= 11 is 5.62. The summed E-state index contributed by atoms with van der Waals surface area (Å²) in [5.41, 5.74) is 1.64. The molecule has 0 atom stereocenters. The van der Waals surface area contributed by atoms with Gasteiger partial charge in [-0.1, -0.05) is 35.9 Å². The summed E-state index contributed by atoms with van der Waals surface area (Å²) in [4.78, 5) is 0. The largest absolute Gasteiger partial charge is 0.489 e. The van der Waals surface area contributed by atoms with Crippen LogP contribution in [0.3, 0.4) is 0 Å². The van der Waals surface area contributed by atoms with E-state index in [0.29, 0.717) is 17.7 Å². The molecule has 0 aromatic heterocycles. The van der Waals surface area contributed by atoms with Crippen LogP contribution in [0.2, 0.25) is 5.02 Å². The zero-order valence-electron chi connectivity index (χ0n) is 10.3. The molecule has 0 unspecified atom stereocenters. The topological polar surface area (TPSA) is 29.5 Å². The van der Waals surface area contributed by atoms with Crippen LogP contribution in [-0.2, 0) is 13.0 Å². The highest BCUT2D eigenvalue weighted by Crippen LogP contribution is 2.21. The number of halogens is 2. The van der Waals surface area contributed by atoms with Gasteiger partial charge in [0.1, 0.15) is 18.2 Å². The summed E-state index contributed by atoms with van der Waals surface area (Å²) in [5, 5.41) is 9.08. The predicted molar refractivity (Wildman–Crippen MR) is 73.0 cm³/mol. The van der Waals surface area contributed by atoms with E-state index in [-0.39, 0.29) is 18.2 Å². The normalized spacial score (nSPS) is 10.5. The molecule has 2 aromatic rings. The van der Waals surface area contributed by atoms with Gasteiger partial charge in [-0.25, -0.2) is 4.39 Å². The SMILES string of the molecule is OCCc1ccccc1OCc1ccc(Cl)c(F)c1. The highest BCUT2D eigenvalue weighted by Gasteiger charge is 2.05. The fourth-order valence-electron chi connectivity index (χ4n) is 1.76. The maximum atomic E-state index is 13.3. The zero-order chi connectivity index (χ0) is 13.7. The van der Waals surface area contributed by atoms with Crippen molar-refractivity contribution in [3.63, 3.8) is 0 Å². The first-order valence-corrected chi connectivity index (χ1v) is 6.34. The third-order valence-electron chi connectivity index (χ3n) is 2.73. The van der Waals surface area contributed by atoms with Crippen LogP contribution in [0.15, 0.2) is 42.5 Å². The molecule has 0 spiro atoms. The molecule has 0 heterocycles. The van der Waals surface area contributed by atoms with Gasteiger partial charge in [-0.15, -0.1) is 0 Å². The first kappa shape index (κ1) is 13.8. The van der Waals surface area contributed by atoms with Gasteiger partial charge in [0.15, 0.2) is 0 Å². The Morgan fingerprint density at radius 2 is 1.95 bits per heavy atom. The van der Waals surface area contributed by atoms with Crippen LogP contribution in [0.1, 0.15) is 11.1 Å². The van der Waals surface area contributed by atoms with E-state index in [1.54, 1.807) is 6.07 Å². The molecule has 0 fully saturated rings. The molecule has 0 aliphatic heterocycles. The summed E-state index contributed by atoms with van der Waals surface area (Å²) in [6.07, 6.45) is 0.533. The molecule has 0 saturated carbocycles. The maximum absolute atomic E-state index is 13.3. The molecular weight excluding hydrogens is 267 g/mol. The number of benzene rings is 2. The number of rotatable bonds is 5. The number of aliphatic hydroxyl groups is 1. The van der Waals surface area contributed by atoms with E-state index in [2.05, 4.69) is 0 Å². The van der Waals surface area contributed by atoms with Gasteiger partial charge in [0.05, 0.1) is 5.02 Å². The summed E-state index contributed by atoms with van der Waals surface area (Å²) in [7, 11) is 0. The zero-order valence-corrected chi connectivity index (χ0v) is 11.0. The smallest absolute Gasteiger partial charge is 0.142 e. The molecule has 19 heavy (non-hydrogen) atoms. The summed E-state index contributed by atoms with van der Waals surface area (Å²) in [6, 6.07) is 12.1. The number of hydrogen-bond acceptors (Lipinski definition) is 2.